The molecule has 1 aliphatic carbocycles. The van der Waals surface area contributed by atoms with Gasteiger partial charge >= 0.3 is 5.97 Å². The molecule has 1 saturated carbocycles. The van der Waals surface area contributed by atoms with Gasteiger partial charge in [0.15, 0.2) is 0 Å². The number of hydrogen-bond donors (Lipinski definition) is 1. The highest BCUT2D eigenvalue weighted by Crippen LogP contribution is 2.41. The molecule has 1 heterocycles. The number of rotatable bonds is 6. The van der Waals surface area contributed by atoms with Gasteiger partial charge in [0.2, 0.25) is 0 Å². The minimum atomic E-state index is -0.906. The Balaban J connectivity index is 1.49. The maximum absolute atomic E-state index is 10.6. The lowest BCUT2D eigenvalue weighted by Crippen LogP contribution is -2.31. The Morgan fingerprint density at radius 2 is 1.81 bits per heavy atom. The fourth-order valence-corrected chi connectivity index (χ4v) is 4.43. The van der Waals surface area contributed by atoms with E-state index in [1.165, 1.54) is 16.0 Å². The summed E-state index contributed by atoms with van der Waals surface area (Å²) in [6.07, 6.45) is 1.85. The number of benzene rings is 2. The number of thiazole rings is 1. The van der Waals surface area contributed by atoms with E-state index in [0.29, 0.717) is 5.92 Å². The first-order chi connectivity index (χ1) is 13.1. The van der Waals surface area contributed by atoms with Gasteiger partial charge in [0.25, 0.3) is 0 Å². The number of nitrogens with zero attached hydrogens (tertiary/aromatic N) is 1. The largest absolute Gasteiger partial charge is 0.480 e. The van der Waals surface area contributed by atoms with Gasteiger partial charge in [-0.25, -0.2) is 9.78 Å². The molecule has 5 heteroatoms. The second-order valence-electron chi connectivity index (χ2n) is 6.89. The van der Waals surface area contributed by atoms with Gasteiger partial charge in [-0.05, 0) is 36.8 Å². The van der Waals surface area contributed by atoms with E-state index in [1.807, 2.05) is 25.1 Å². The molecule has 1 aliphatic rings. The molecule has 1 fully saturated rings. The van der Waals surface area contributed by atoms with Crippen molar-refractivity contribution in [2.75, 3.05) is 6.61 Å². The quantitative estimate of drug-likeness (QED) is 0.645. The van der Waals surface area contributed by atoms with Gasteiger partial charge in [-0.3, -0.25) is 0 Å². The van der Waals surface area contributed by atoms with Crippen LogP contribution < -0.4 is 0 Å². The Kier molecular flexibility index (Phi) is 5.05. The molecule has 1 N–H and O–H groups in total. The molecule has 138 valence electrons. The Labute approximate surface area is 162 Å². The second kappa shape index (κ2) is 7.62. The summed E-state index contributed by atoms with van der Waals surface area (Å²) in [5.74, 6) is -0.452. The van der Waals surface area contributed by atoms with E-state index in [0.717, 1.165) is 29.1 Å². The smallest absolute Gasteiger partial charge is 0.329 e. The van der Waals surface area contributed by atoms with Crippen molar-refractivity contribution in [2.45, 2.75) is 31.8 Å². The summed E-state index contributed by atoms with van der Waals surface area (Å²) >= 11 is 1.72. The van der Waals surface area contributed by atoms with Gasteiger partial charge in [-0.1, -0.05) is 54.6 Å². The van der Waals surface area contributed by atoms with E-state index in [-0.39, 0.29) is 12.7 Å². The van der Waals surface area contributed by atoms with Gasteiger partial charge in [-0.15, -0.1) is 11.3 Å². The van der Waals surface area contributed by atoms with Crippen LogP contribution in [0.5, 0.6) is 0 Å². The summed E-state index contributed by atoms with van der Waals surface area (Å²) in [6.45, 7) is 1.84. The summed E-state index contributed by atoms with van der Waals surface area (Å²) in [4.78, 5) is 16.5. The first kappa shape index (κ1) is 17.9. The number of carboxylic acids is 1. The standard InChI is InChI=1S/C22H21NO3S/c1-14-23-21(16-5-3-2-4-6-16)22(27-14)17-9-7-15(8-10-17)18-11-19(12-18)26-13-20(24)25/h2-10,18-19H,11-13H2,1H3,(H,24,25)/t18-,19+. The van der Waals surface area contributed by atoms with Crippen molar-refractivity contribution in [1.82, 2.24) is 4.98 Å². The van der Waals surface area contributed by atoms with E-state index in [4.69, 9.17) is 14.8 Å². The van der Waals surface area contributed by atoms with Crippen LogP contribution in [0.4, 0.5) is 0 Å². The predicted octanol–water partition coefficient (Wildman–Crippen LogP) is 5.13. The van der Waals surface area contributed by atoms with Crippen LogP contribution in [0, 0.1) is 6.92 Å². The SMILES string of the molecule is Cc1nc(-c2ccccc2)c(-c2ccc([C@H]3C[C@@H](OCC(=O)O)C3)cc2)s1. The monoisotopic (exact) mass is 379 g/mol. The Hall–Kier alpha value is -2.50. The molecular weight excluding hydrogens is 358 g/mol. The summed E-state index contributed by atoms with van der Waals surface area (Å²) < 4.78 is 5.35. The van der Waals surface area contributed by atoms with Crippen LogP contribution in [0.2, 0.25) is 0 Å². The van der Waals surface area contributed by atoms with Crippen molar-refractivity contribution in [3.05, 3.63) is 65.2 Å². The molecule has 0 amide bonds. The highest BCUT2D eigenvalue weighted by Gasteiger charge is 2.31. The van der Waals surface area contributed by atoms with E-state index in [1.54, 1.807) is 11.3 Å². The van der Waals surface area contributed by atoms with Crippen LogP contribution in [0.3, 0.4) is 0 Å². The fourth-order valence-electron chi connectivity index (χ4n) is 3.48. The Morgan fingerprint density at radius 1 is 1.11 bits per heavy atom. The maximum Gasteiger partial charge on any atom is 0.329 e. The molecule has 0 spiro atoms. The van der Waals surface area contributed by atoms with Crippen molar-refractivity contribution in [2.24, 2.45) is 0 Å². The molecule has 0 bridgehead atoms. The highest BCUT2D eigenvalue weighted by atomic mass is 32.1. The third kappa shape index (κ3) is 3.94. The molecule has 4 rings (SSSR count). The molecule has 0 unspecified atom stereocenters. The number of ether oxygens (including phenoxy) is 1. The van der Waals surface area contributed by atoms with Crippen molar-refractivity contribution in [3.8, 4) is 21.7 Å². The topological polar surface area (TPSA) is 59.4 Å². The number of carbonyl (C=O) groups is 1. The van der Waals surface area contributed by atoms with Crippen molar-refractivity contribution < 1.29 is 14.6 Å². The molecule has 0 radical (unpaired) electrons. The summed E-state index contributed by atoms with van der Waals surface area (Å²) in [5, 5.41) is 9.74. The predicted molar refractivity (Wildman–Crippen MR) is 107 cm³/mol. The molecule has 3 aromatic rings. The lowest BCUT2D eigenvalue weighted by atomic mass is 9.77. The number of hydrogen-bond acceptors (Lipinski definition) is 4. The molecule has 2 aromatic carbocycles. The molecule has 0 saturated heterocycles. The Bertz CT molecular complexity index is 928. The molecular formula is C22H21NO3S. The fraction of sp³-hybridized carbons (Fsp3) is 0.273. The maximum atomic E-state index is 10.6. The van der Waals surface area contributed by atoms with Crippen LogP contribution in [0.15, 0.2) is 54.6 Å². The van der Waals surface area contributed by atoms with E-state index in [9.17, 15) is 4.79 Å². The van der Waals surface area contributed by atoms with Crippen molar-refractivity contribution in [3.63, 3.8) is 0 Å². The van der Waals surface area contributed by atoms with Gasteiger partial charge in [0.1, 0.15) is 6.61 Å². The molecule has 0 aliphatic heterocycles. The van der Waals surface area contributed by atoms with Gasteiger partial charge in [0, 0.05) is 5.56 Å². The van der Waals surface area contributed by atoms with Gasteiger partial charge < -0.3 is 9.84 Å². The first-order valence-corrected chi connectivity index (χ1v) is 9.88. The minimum Gasteiger partial charge on any atom is -0.480 e. The average Bonchev–Trinajstić information content (AvgIpc) is 3.03. The summed E-state index contributed by atoms with van der Waals surface area (Å²) in [6, 6.07) is 19.0. The normalized spacial score (nSPS) is 18.9. The third-order valence-electron chi connectivity index (χ3n) is 4.96. The van der Waals surface area contributed by atoms with Crippen LogP contribution in [-0.4, -0.2) is 28.8 Å². The lowest BCUT2D eigenvalue weighted by molar-refractivity contribution is -0.146. The number of aryl methyl sites for hydroxylation is 1. The zero-order valence-electron chi connectivity index (χ0n) is 15.1. The highest BCUT2D eigenvalue weighted by molar-refractivity contribution is 7.15. The van der Waals surface area contributed by atoms with E-state index in [2.05, 4.69) is 36.4 Å². The van der Waals surface area contributed by atoms with Crippen LogP contribution in [0.25, 0.3) is 21.7 Å². The minimum absolute atomic E-state index is 0.0691. The summed E-state index contributed by atoms with van der Waals surface area (Å²) in [5.41, 5.74) is 4.65. The van der Waals surface area contributed by atoms with Crippen LogP contribution >= 0.6 is 11.3 Å². The van der Waals surface area contributed by atoms with Crippen LogP contribution in [0.1, 0.15) is 29.3 Å². The van der Waals surface area contributed by atoms with E-state index < -0.39 is 5.97 Å². The molecule has 0 atom stereocenters. The molecule has 1 aromatic heterocycles. The molecule has 27 heavy (non-hydrogen) atoms. The Morgan fingerprint density at radius 3 is 2.48 bits per heavy atom. The lowest BCUT2D eigenvalue weighted by Gasteiger charge is -2.35. The zero-order valence-corrected chi connectivity index (χ0v) is 15.9. The number of aliphatic carboxylic acids is 1. The summed E-state index contributed by atoms with van der Waals surface area (Å²) in [7, 11) is 0. The van der Waals surface area contributed by atoms with Gasteiger partial charge in [-0.2, -0.15) is 0 Å². The number of aromatic nitrogens is 1. The second-order valence-corrected chi connectivity index (χ2v) is 8.10. The van der Waals surface area contributed by atoms with Crippen molar-refractivity contribution in [1.29, 1.82) is 0 Å². The zero-order chi connectivity index (χ0) is 18.8. The molecule has 4 nitrogen and oxygen atoms in total. The average molecular weight is 379 g/mol. The third-order valence-corrected chi connectivity index (χ3v) is 5.98. The van der Waals surface area contributed by atoms with Crippen LogP contribution in [-0.2, 0) is 9.53 Å². The first-order valence-electron chi connectivity index (χ1n) is 9.06. The van der Waals surface area contributed by atoms with Crippen molar-refractivity contribution >= 4 is 17.3 Å². The number of carboxylic acid groups (broad SMARTS) is 1. The van der Waals surface area contributed by atoms with E-state index >= 15 is 0 Å². The van der Waals surface area contributed by atoms with Gasteiger partial charge in [0.05, 0.1) is 21.7 Å².